The van der Waals surface area contributed by atoms with Gasteiger partial charge in [0.05, 0.1) is 34.6 Å². The Morgan fingerprint density at radius 2 is 1.89 bits per heavy atom. The van der Waals surface area contributed by atoms with Gasteiger partial charge in [-0.1, -0.05) is 26.0 Å². The third-order valence-corrected chi connectivity index (χ3v) is 4.65. The SMILES string of the molecule is CC1(C)CCC(O)(Cc2ccc(NI)cc2)C1O. The lowest BCUT2D eigenvalue weighted by molar-refractivity contribution is -0.0837. The molecule has 1 aliphatic carbocycles. The molecule has 0 amide bonds. The van der Waals surface area contributed by atoms with Crippen LogP contribution >= 0.6 is 22.9 Å². The second kappa shape index (κ2) is 4.98. The highest BCUT2D eigenvalue weighted by atomic mass is 127. The van der Waals surface area contributed by atoms with Gasteiger partial charge in [0.15, 0.2) is 0 Å². The first-order chi connectivity index (χ1) is 8.37. The van der Waals surface area contributed by atoms with Crippen LogP contribution in [0.2, 0.25) is 0 Å². The van der Waals surface area contributed by atoms with Crippen molar-refractivity contribution in [3.8, 4) is 0 Å². The number of nitrogens with one attached hydrogen (secondary N) is 1. The van der Waals surface area contributed by atoms with Gasteiger partial charge in [0.25, 0.3) is 0 Å². The number of halogens is 1. The zero-order chi connectivity index (χ0) is 13.4. The summed E-state index contributed by atoms with van der Waals surface area (Å²) in [4.78, 5) is 0. The van der Waals surface area contributed by atoms with Crippen molar-refractivity contribution in [2.24, 2.45) is 5.41 Å². The molecule has 18 heavy (non-hydrogen) atoms. The molecule has 1 aromatic carbocycles. The number of hydrogen-bond acceptors (Lipinski definition) is 3. The van der Waals surface area contributed by atoms with Crippen molar-refractivity contribution in [3.63, 3.8) is 0 Å². The van der Waals surface area contributed by atoms with Crippen molar-refractivity contribution >= 4 is 28.6 Å². The summed E-state index contributed by atoms with van der Waals surface area (Å²) in [7, 11) is 0. The van der Waals surface area contributed by atoms with Crippen molar-refractivity contribution in [3.05, 3.63) is 29.8 Å². The van der Waals surface area contributed by atoms with Gasteiger partial charge in [-0.3, -0.25) is 0 Å². The largest absolute Gasteiger partial charge is 0.390 e. The Balaban J connectivity index is 2.13. The molecule has 0 heterocycles. The first-order valence-electron chi connectivity index (χ1n) is 6.23. The molecule has 0 bridgehead atoms. The molecule has 4 heteroatoms. The minimum atomic E-state index is -0.983. The van der Waals surface area contributed by atoms with Crippen LogP contribution in [0.15, 0.2) is 24.3 Å². The van der Waals surface area contributed by atoms with E-state index < -0.39 is 11.7 Å². The van der Waals surface area contributed by atoms with Crippen LogP contribution in [0.3, 0.4) is 0 Å². The molecule has 3 N–H and O–H groups in total. The summed E-state index contributed by atoms with van der Waals surface area (Å²) in [6, 6.07) is 7.96. The molecule has 3 nitrogen and oxygen atoms in total. The molecular weight excluding hydrogens is 341 g/mol. The van der Waals surface area contributed by atoms with E-state index in [-0.39, 0.29) is 5.41 Å². The summed E-state index contributed by atoms with van der Waals surface area (Å²) in [5.74, 6) is 0. The van der Waals surface area contributed by atoms with Crippen LogP contribution in [0, 0.1) is 5.41 Å². The Morgan fingerprint density at radius 3 is 2.33 bits per heavy atom. The number of hydrogen-bond donors (Lipinski definition) is 3. The van der Waals surface area contributed by atoms with E-state index in [0.29, 0.717) is 12.8 Å². The molecule has 0 saturated heterocycles. The molecule has 1 saturated carbocycles. The molecule has 1 fully saturated rings. The molecule has 1 aromatic rings. The molecular formula is C14H20INO2. The molecule has 2 rings (SSSR count). The van der Waals surface area contributed by atoms with Gasteiger partial charge >= 0.3 is 0 Å². The number of benzene rings is 1. The van der Waals surface area contributed by atoms with Crippen LogP contribution in [0.4, 0.5) is 5.69 Å². The Bertz CT molecular complexity index is 418. The quantitative estimate of drug-likeness (QED) is 0.573. The first-order valence-corrected chi connectivity index (χ1v) is 7.31. The van der Waals surface area contributed by atoms with E-state index in [4.69, 9.17) is 0 Å². The smallest absolute Gasteiger partial charge is 0.0950 e. The number of rotatable bonds is 3. The lowest BCUT2D eigenvalue weighted by Crippen LogP contribution is -2.44. The van der Waals surface area contributed by atoms with Crippen LogP contribution in [0.25, 0.3) is 0 Å². The van der Waals surface area contributed by atoms with Gasteiger partial charge in [-0.15, -0.1) is 0 Å². The zero-order valence-electron chi connectivity index (χ0n) is 10.8. The Morgan fingerprint density at radius 1 is 1.28 bits per heavy atom. The lowest BCUT2D eigenvalue weighted by atomic mass is 9.83. The minimum absolute atomic E-state index is 0.196. The third-order valence-electron chi connectivity index (χ3n) is 4.02. The fourth-order valence-corrected chi connectivity index (χ4v) is 3.12. The Kier molecular flexibility index (Phi) is 3.90. The van der Waals surface area contributed by atoms with Gasteiger partial charge in [0.1, 0.15) is 0 Å². The molecule has 0 spiro atoms. The predicted octanol–water partition coefficient (Wildman–Crippen LogP) is 2.90. The van der Waals surface area contributed by atoms with E-state index in [1.165, 1.54) is 0 Å². The third kappa shape index (κ3) is 2.65. The second-order valence-electron chi connectivity index (χ2n) is 5.96. The summed E-state index contributed by atoms with van der Waals surface area (Å²) < 4.78 is 3.04. The number of aliphatic hydroxyl groups is 2. The maximum atomic E-state index is 10.6. The highest BCUT2D eigenvalue weighted by Gasteiger charge is 2.50. The lowest BCUT2D eigenvalue weighted by Gasteiger charge is -2.32. The Labute approximate surface area is 122 Å². The molecule has 0 radical (unpaired) electrons. The maximum Gasteiger partial charge on any atom is 0.0950 e. The van der Waals surface area contributed by atoms with Crippen LogP contribution in [0.1, 0.15) is 32.3 Å². The van der Waals surface area contributed by atoms with E-state index >= 15 is 0 Å². The van der Waals surface area contributed by atoms with Crippen molar-refractivity contribution in [2.45, 2.75) is 44.8 Å². The molecule has 2 atom stereocenters. The van der Waals surface area contributed by atoms with Crippen molar-refractivity contribution < 1.29 is 10.2 Å². The predicted molar refractivity (Wildman–Crippen MR) is 81.8 cm³/mol. The topological polar surface area (TPSA) is 52.5 Å². The molecule has 0 aromatic heterocycles. The van der Waals surface area contributed by atoms with E-state index in [9.17, 15) is 10.2 Å². The van der Waals surface area contributed by atoms with E-state index in [0.717, 1.165) is 17.7 Å². The van der Waals surface area contributed by atoms with Gasteiger partial charge in [-0.05, 0) is 36.0 Å². The molecule has 2 unspecified atom stereocenters. The summed E-state index contributed by atoms with van der Waals surface area (Å²) in [6.07, 6.45) is 1.37. The molecule has 1 aliphatic rings. The fourth-order valence-electron chi connectivity index (χ4n) is 2.76. The van der Waals surface area contributed by atoms with E-state index in [1.807, 2.05) is 38.1 Å². The second-order valence-corrected chi connectivity index (χ2v) is 6.50. The first kappa shape index (κ1) is 14.1. The van der Waals surface area contributed by atoms with Crippen LogP contribution in [-0.2, 0) is 6.42 Å². The van der Waals surface area contributed by atoms with Crippen molar-refractivity contribution in [1.29, 1.82) is 0 Å². The normalized spacial score (nSPS) is 30.4. The van der Waals surface area contributed by atoms with Crippen LogP contribution in [0.5, 0.6) is 0 Å². The fraction of sp³-hybridized carbons (Fsp3) is 0.571. The monoisotopic (exact) mass is 361 g/mol. The average molecular weight is 361 g/mol. The standard InChI is InChI=1S/C14H20INO2/c1-13(2)7-8-14(18,12(13)17)9-10-3-5-11(16-15)6-4-10/h3-6,12,16-18H,7-9H2,1-2H3. The van der Waals surface area contributed by atoms with Crippen LogP contribution < -0.4 is 3.53 Å². The van der Waals surface area contributed by atoms with Gasteiger partial charge in [-0.2, -0.15) is 0 Å². The summed E-state index contributed by atoms with van der Waals surface area (Å²) >= 11 is 2.09. The number of aliphatic hydroxyl groups excluding tert-OH is 1. The van der Waals surface area contributed by atoms with Crippen LogP contribution in [-0.4, -0.2) is 21.9 Å². The van der Waals surface area contributed by atoms with E-state index in [2.05, 4.69) is 26.4 Å². The van der Waals surface area contributed by atoms with Gasteiger partial charge in [-0.25, -0.2) is 0 Å². The van der Waals surface area contributed by atoms with Crippen molar-refractivity contribution in [2.75, 3.05) is 3.53 Å². The van der Waals surface area contributed by atoms with Gasteiger partial charge < -0.3 is 13.7 Å². The summed E-state index contributed by atoms with van der Waals surface area (Å²) in [5.41, 5.74) is 0.921. The van der Waals surface area contributed by atoms with Crippen molar-refractivity contribution in [1.82, 2.24) is 0 Å². The Hall–Kier alpha value is -0.330. The molecule has 100 valence electrons. The highest BCUT2D eigenvalue weighted by molar-refractivity contribution is 14.1. The minimum Gasteiger partial charge on any atom is -0.390 e. The average Bonchev–Trinajstić information content (AvgIpc) is 2.55. The summed E-state index contributed by atoms with van der Waals surface area (Å²) in [5, 5.41) is 20.9. The summed E-state index contributed by atoms with van der Waals surface area (Å²) in [6.45, 7) is 4.03. The zero-order valence-corrected chi connectivity index (χ0v) is 12.9. The van der Waals surface area contributed by atoms with Gasteiger partial charge in [0, 0.05) is 12.1 Å². The molecule has 0 aliphatic heterocycles. The van der Waals surface area contributed by atoms with E-state index in [1.54, 1.807) is 0 Å². The van der Waals surface area contributed by atoms with Gasteiger partial charge in [0.2, 0.25) is 0 Å². The maximum absolute atomic E-state index is 10.6. The number of anilines is 1. The highest BCUT2D eigenvalue weighted by Crippen LogP contribution is 2.45.